The van der Waals surface area contributed by atoms with Crippen LogP contribution in [0.5, 0.6) is 0 Å². The minimum Gasteiger partial charge on any atom is -0.266 e. The van der Waals surface area contributed by atoms with Crippen molar-refractivity contribution in [2.75, 3.05) is 0 Å². The van der Waals surface area contributed by atoms with Crippen molar-refractivity contribution in [2.45, 2.75) is 0 Å². The summed E-state index contributed by atoms with van der Waals surface area (Å²) in [4.78, 5) is 17.3. The molecule has 0 bridgehead atoms. The molecule has 0 aliphatic heterocycles. The Kier molecular flexibility index (Phi) is 3.24. The summed E-state index contributed by atoms with van der Waals surface area (Å²) in [6.07, 6.45) is 1.65. The van der Waals surface area contributed by atoms with Gasteiger partial charge < -0.3 is 0 Å². The molecular weight excluding hydrogens is 313 g/mol. The maximum atomic E-state index is 13.2. The normalized spacial score (nSPS) is 12.1. The van der Waals surface area contributed by atoms with Crippen LogP contribution in [0.15, 0.2) is 59.4 Å². The summed E-state index contributed by atoms with van der Waals surface area (Å²) in [5.41, 5.74) is 1.25. The maximum absolute atomic E-state index is 13.2. The number of aromatic nitrogens is 3. The highest BCUT2D eigenvalue weighted by molar-refractivity contribution is 7.15. The largest absolute Gasteiger partial charge is 0.291 e. The van der Waals surface area contributed by atoms with Gasteiger partial charge in [0.25, 0.3) is 5.56 Å². The average molecular weight is 323 g/mol. The standard InChI is InChI=1S/C17H10FN3OS/c18-13-8-4-5-11(9-13)10-14-16(22)21-17(23-14)19-15(20-21)12-6-2-1-3-7-12/h1-10H. The van der Waals surface area contributed by atoms with Crippen LogP contribution >= 0.6 is 11.3 Å². The third-order valence-electron chi connectivity index (χ3n) is 3.36. The van der Waals surface area contributed by atoms with Gasteiger partial charge in [-0.1, -0.05) is 53.8 Å². The topological polar surface area (TPSA) is 47.3 Å². The van der Waals surface area contributed by atoms with E-state index in [1.54, 1.807) is 18.2 Å². The Morgan fingerprint density at radius 3 is 2.65 bits per heavy atom. The van der Waals surface area contributed by atoms with E-state index >= 15 is 0 Å². The van der Waals surface area contributed by atoms with Crippen LogP contribution < -0.4 is 10.1 Å². The predicted octanol–water partition coefficient (Wildman–Crippen LogP) is 2.50. The number of thiazole rings is 1. The molecule has 0 N–H and O–H groups in total. The Morgan fingerprint density at radius 2 is 1.91 bits per heavy atom. The Morgan fingerprint density at radius 1 is 1.09 bits per heavy atom. The molecule has 0 saturated heterocycles. The predicted molar refractivity (Wildman–Crippen MR) is 87.8 cm³/mol. The summed E-state index contributed by atoms with van der Waals surface area (Å²) in [7, 11) is 0. The number of hydrogen-bond donors (Lipinski definition) is 0. The Balaban J connectivity index is 1.84. The van der Waals surface area contributed by atoms with Crippen LogP contribution in [-0.2, 0) is 0 Å². The SMILES string of the molecule is O=c1c(=Cc2cccc(F)c2)sc2nc(-c3ccccc3)nn12. The summed E-state index contributed by atoms with van der Waals surface area (Å²) in [6.45, 7) is 0. The van der Waals surface area contributed by atoms with E-state index in [0.29, 0.717) is 20.9 Å². The highest BCUT2D eigenvalue weighted by atomic mass is 32.1. The van der Waals surface area contributed by atoms with Crippen LogP contribution in [0.1, 0.15) is 5.56 Å². The lowest BCUT2D eigenvalue weighted by Crippen LogP contribution is -2.23. The van der Waals surface area contributed by atoms with Crippen molar-refractivity contribution in [3.8, 4) is 11.4 Å². The van der Waals surface area contributed by atoms with Gasteiger partial charge in [-0.25, -0.2) is 4.39 Å². The first kappa shape index (κ1) is 13.8. The van der Waals surface area contributed by atoms with Crippen molar-refractivity contribution in [3.63, 3.8) is 0 Å². The first-order valence-corrected chi connectivity index (χ1v) is 7.75. The van der Waals surface area contributed by atoms with Gasteiger partial charge in [0.15, 0.2) is 5.82 Å². The fourth-order valence-corrected chi connectivity index (χ4v) is 3.20. The highest BCUT2D eigenvalue weighted by Gasteiger charge is 2.11. The molecule has 2 aromatic heterocycles. The zero-order valence-electron chi connectivity index (χ0n) is 11.8. The second kappa shape index (κ2) is 5.40. The summed E-state index contributed by atoms with van der Waals surface area (Å²) >= 11 is 1.24. The molecule has 4 aromatic rings. The van der Waals surface area contributed by atoms with Gasteiger partial charge in [-0.15, -0.1) is 5.10 Å². The van der Waals surface area contributed by atoms with Crippen molar-refractivity contribution in [2.24, 2.45) is 0 Å². The van der Waals surface area contributed by atoms with E-state index in [1.807, 2.05) is 30.3 Å². The van der Waals surface area contributed by atoms with Gasteiger partial charge in [-0.3, -0.25) is 4.79 Å². The molecule has 0 spiro atoms. The molecule has 0 unspecified atom stereocenters. The molecule has 0 aliphatic carbocycles. The van der Waals surface area contributed by atoms with E-state index in [-0.39, 0.29) is 11.4 Å². The van der Waals surface area contributed by atoms with Crippen molar-refractivity contribution in [3.05, 3.63) is 80.9 Å². The Labute approximate surface area is 134 Å². The van der Waals surface area contributed by atoms with Gasteiger partial charge in [0.2, 0.25) is 4.96 Å². The smallest absolute Gasteiger partial charge is 0.266 e. The summed E-state index contributed by atoms with van der Waals surface area (Å²) in [5.74, 6) is 0.184. The van der Waals surface area contributed by atoms with E-state index in [0.717, 1.165) is 5.56 Å². The van der Waals surface area contributed by atoms with Gasteiger partial charge in [0, 0.05) is 5.56 Å². The van der Waals surface area contributed by atoms with Gasteiger partial charge in [0.1, 0.15) is 5.82 Å². The lowest BCUT2D eigenvalue weighted by atomic mass is 10.2. The lowest BCUT2D eigenvalue weighted by molar-refractivity contribution is 0.627. The van der Waals surface area contributed by atoms with Crippen LogP contribution in [-0.4, -0.2) is 14.6 Å². The number of rotatable bonds is 2. The van der Waals surface area contributed by atoms with Gasteiger partial charge in [0.05, 0.1) is 4.53 Å². The number of halogens is 1. The van der Waals surface area contributed by atoms with E-state index in [2.05, 4.69) is 10.1 Å². The molecule has 2 heterocycles. The molecule has 4 nitrogen and oxygen atoms in total. The second-order valence-corrected chi connectivity index (χ2v) is 5.98. The quantitative estimate of drug-likeness (QED) is 0.569. The van der Waals surface area contributed by atoms with Crippen molar-refractivity contribution < 1.29 is 4.39 Å². The van der Waals surface area contributed by atoms with E-state index in [4.69, 9.17) is 0 Å². The monoisotopic (exact) mass is 323 g/mol. The third kappa shape index (κ3) is 2.53. The molecule has 23 heavy (non-hydrogen) atoms. The fraction of sp³-hybridized carbons (Fsp3) is 0. The average Bonchev–Trinajstić information content (AvgIpc) is 3.09. The van der Waals surface area contributed by atoms with Gasteiger partial charge in [-0.05, 0) is 23.8 Å². The van der Waals surface area contributed by atoms with Crippen molar-refractivity contribution >= 4 is 22.4 Å². The molecule has 0 fully saturated rings. The van der Waals surface area contributed by atoms with Gasteiger partial charge in [-0.2, -0.15) is 9.50 Å². The van der Waals surface area contributed by atoms with Crippen LogP contribution in [0, 0.1) is 5.82 Å². The van der Waals surface area contributed by atoms with Crippen LogP contribution in [0.3, 0.4) is 0 Å². The van der Waals surface area contributed by atoms with Crippen molar-refractivity contribution in [1.29, 1.82) is 0 Å². The minimum absolute atomic E-state index is 0.246. The maximum Gasteiger partial charge on any atom is 0.291 e. The second-order valence-electron chi connectivity index (χ2n) is 4.97. The van der Waals surface area contributed by atoms with E-state index < -0.39 is 0 Å². The number of nitrogens with zero attached hydrogens (tertiary/aromatic N) is 3. The van der Waals surface area contributed by atoms with E-state index in [9.17, 15) is 9.18 Å². The number of fused-ring (bicyclic) bond motifs is 1. The zero-order valence-corrected chi connectivity index (χ0v) is 12.6. The van der Waals surface area contributed by atoms with Crippen LogP contribution in [0.2, 0.25) is 0 Å². The van der Waals surface area contributed by atoms with Crippen molar-refractivity contribution in [1.82, 2.24) is 14.6 Å². The molecule has 0 atom stereocenters. The summed E-state index contributed by atoms with van der Waals surface area (Å²) < 4.78 is 15.0. The lowest BCUT2D eigenvalue weighted by Gasteiger charge is -1.92. The summed E-state index contributed by atoms with van der Waals surface area (Å²) in [5, 5.41) is 4.27. The molecule has 0 saturated carbocycles. The number of hydrogen-bond acceptors (Lipinski definition) is 4. The molecule has 0 radical (unpaired) electrons. The van der Waals surface area contributed by atoms with Crippen LogP contribution in [0.4, 0.5) is 4.39 Å². The first-order chi connectivity index (χ1) is 11.2. The molecule has 0 amide bonds. The molecule has 112 valence electrons. The molecule has 4 rings (SSSR count). The molecular formula is C17H10FN3OS. The Hall–Kier alpha value is -2.86. The van der Waals surface area contributed by atoms with E-state index in [1.165, 1.54) is 28.0 Å². The molecule has 6 heteroatoms. The van der Waals surface area contributed by atoms with Crippen LogP contribution in [0.25, 0.3) is 22.4 Å². The van der Waals surface area contributed by atoms with Gasteiger partial charge >= 0.3 is 0 Å². The summed E-state index contributed by atoms with van der Waals surface area (Å²) in [6, 6.07) is 15.6. The first-order valence-electron chi connectivity index (χ1n) is 6.93. The molecule has 0 aliphatic rings. The Bertz CT molecular complexity index is 1100. The molecule has 2 aromatic carbocycles. The fourth-order valence-electron chi connectivity index (χ4n) is 2.29. The zero-order chi connectivity index (χ0) is 15.8. The minimum atomic E-state index is -0.336. The number of benzene rings is 2. The third-order valence-corrected chi connectivity index (χ3v) is 4.32. The highest BCUT2D eigenvalue weighted by Crippen LogP contribution is 2.15.